The molecule has 1 aromatic heterocycles. The van der Waals surface area contributed by atoms with E-state index in [0.29, 0.717) is 25.5 Å². The molecule has 2 heterocycles. The van der Waals surface area contributed by atoms with Crippen LogP contribution in [0.1, 0.15) is 23.5 Å². The standard InChI is InChI=1S/C22H24N6O.HI/c1-23-22(24-12-16-13-26-28(15-16)18-7-3-2-4-8-18)25-14-17-11-21(29)27-20-10-6-5-9-19(17)20;/h2-10,13,15,17H,11-12,14H2,1H3,(H,27,29)(H2,23,24,25);1H. The highest BCUT2D eigenvalue weighted by Crippen LogP contribution is 2.31. The fourth-order valence-corrected chi connectivity index (χ4v) is 3.48. The summed E-state index contributed by atoms with van der Waals surface area (Å²) in [5.41, 5.74) is 4.13. The van der Waals surface area contributed by atoms with Crippen LogP contribution in [-0.4, -0.2) is 35.2 Å². The minimum Gasteiger partial charge on any atom is -0.356 e. The number of benzene rings is 2. The van der Waals surface area contributed by atoms with Crippen molar-refractivity contribution in [3.63, 3.8) is 0 Å². The predicted octanol–water partition coefficient (Wildman–Crippen LogP) is 3.28. The number of para-hydroxylation sites is 2. The molecule has 8 heteroatoms. The molecule has 1 aliphatic heterocycles. The number of nitrogens with one attached hydrogen (secondary N) is 3. The highest BCUT2D eigenvalue weighted by molar-refractivity contribution is 14.0. The molecule has 1 unspecified atom stereocenters. The number of hydrogen-bond acceptors (Lipinski definition) is 3. The van der Waals surface area contributed by atoms with Crippen molar-refractivity contribution in [3.8, 4) is 5.69 Å². The molecule has 3 N–H and O–H groups in total. The normalized spacial score (nSPS) is 15.6. The van der Waals surface area contributed by atoms with E-state index in [-0.39, 0.29) is 35.8 Å². The van der Waals surface area contributed by atoms with Crippen molar-refractivity contribution in [1.82, 2.24) is 20.4 Å². The van der Waals surface area contributed by atoms with E-state index in [1.807, 2.05) is 65.6 Å². The second kappa shape index (κ2) is 10.2. The van der Waals surface area contributed by atoms with Crippen LogP contribution < -0.4 is 16.0 Å². The van der Waals surface area contributed by atoms with Gasteiger partial charge in [0.05, 0.1) is 11.9 Å². The van der Waals surface area contributed by atoms with Crippen LogP contribution in [0.5, 0.6) is 0 Å². The van der Waals surface area contributed by atoms with Gasteiger partial charge in [-0.2, -0.15) is 5.10 Å². The molecular formula is C22H25IN6O. The molecular weight excluding hydrogens is 491 g/mol. The van der Waals surface area contributed by atoms with Gasteiger partial charge in [0.2, 0.25) is 5.91 Å². The Morgan fingerprint density at radius 2 is 1.93 bits per heavy atom. The Hall–Kier alpha value is -2.88. The van der Waals surface area contributed by atoms with Gasteiger partial charge in [-0.05, 0) is 23.8 Å². The van der Waals surface area contributed by atoms with Crippen LogP contribution in [0.25, 0.3) is 5.69 Å². The smallest absolute Gasteiger partial charge is 0.225 e. The summed E-state index contributed by atoms with van der Waals surface area (Å²) >= 11 is 0. The number of nitrogens with zero attached hydrogens (tertiary/aromatic N) is 3. The van der Waals surface area contributed by atoms with Crippen molar-refractivity contribution in [2.75, 3.05) is 18.9 Å². The van der Waals surface area contributed by atoms with Crippen LogP contribution >= 0.6 is 24.0 Å². The average molecular weight is 516 g/mol. The van der Waals surface area contributed by atoms with Gasteiger partial charge < -0.3 is 16.0 Å². The Bertz CT molecular complexity index is 1020. The molecule has 30 heavy (non-hydrogen) atoms. The lowest BCUT2D eigenvalue weighted by molar-refractivity contribution is -0.116. The fraction of sp³-hybridized carbons (Fsp3) is 0.227. The Morgan fingerprint density at radius 3 is 2.73 bits per heavy atom. The Kier molecular flexibility index (Phi) is 7.45. The first kappa shape index (κ1) is 21.8. The van der Waals surface area contributed by atoms with Gasteiger partial charge in [-0.3, -0.25) is 9.79 Å². The minimum absolute atomic E-state index is 0. The second-order valence-corrected chi connectivity index (χ2v) is 6.97. The minimum atomic E-state index is 0. The van der Waals surface area contributed by atoms with Crippen molar-refractivity contribution < 1.29 is 4.79 Å². The highest BCUT2D eigenvalue weighted by atomic mass is 127. The lowest BCUT2D eigenvalue weighted by Crippen LogP contribution is -2.40. The van der Waals surface area contributed by atoms with Crippen LogP contribution in [-0.2, 0) is 11.3 Å². The van der Waals surface area contributed by atoms with E-state index < -0.39 is 0 Å². The summed E-state index contributed by atoms with van der Waals surface area (Å²) in [6.45, 7) is 1.24. The molecule has 0 saturated heterocycles. The maximum absolute atomic E-state index is 12.0. The largest absolute Gasteiger partial charge is 0.356 e. The van der Waals surface area contributed by atoms with Gasteiger partial charge in [-0.25, -0.2) is 4.68 Å². The number of aliphatic imine (C=N–C) groups is 1. The van der Waals surface area contributed by atoms with E-state index in [1.54, 1.807) is 7.05 Å². The van der Waals surface area contributed by atoms with E-state index in [9.17, 15) is 4.79 Å². The number of carbonyl (C=O) groups is 1. The highest BCUT2D eigenvalue weighted by Gasteiger charge is 2.24. The summed E-state index contributed by atoms with van der Waals surface area (Å²) < 4.78 is 1.85. The number of anilines is 1. The van der Waals surface area contributed by atoms with Gasteiger partial charge in [0.1, 0.15) is 0 Å². The number of hydrogen-bond donors (Lipinski definition) is 3. The molecule has 0 saturated carbocycles. The molecule has 156 valence electrons. The van der Waals surface area contributed by atoms with Crippen molar-refractivity contribution in [2.45, 2.75) is 18.9 Å². The van der Waals surface area contributed by atoms with Gasteiger partial charge in [0.15, 0.2) is 5.96 Å². The summed E-state index contributed by atoms with van der Waals surface area (Å²) in [5.74, 6) is 0.854. The van der Waals surface area contributed by atoms with E-state index in [1.165, 1.54) is 0 Å². The number of halogens is 1. The lowest BCUT2D eigenvalue weighted by atomic mass is 9.90. The van der Waals surface area contributed by atoms with Gasteiger partial charge in [0, 0.05) is 49.9 Å². The van der Waals surface area contributed by atoms with Crippen molar-refractivity contribution in [1.29, 1.82) is 0 Å². The molecule has 1 aliphatic rings. The zero-order valence-corrected chi connectivity index (χ0v) is 19.0. The summed E-state index contributed by atoms with van der Waals surface area (Å²) in [5, 5.41) is 14.0. The average Bonchev–Trinajstić information content (AvgIpc) is 3.23. The third kappa shape index (κ3) is 5.18. The van der Waals surface area contributed by atoms with E-state index in [2.05, 4.69) is 32.1 Å². The molecule has 1 atom stereocenters. The second-order valence-electron chi connectivity index (χ2n) is 6.97. The van der Waals surface area contributed by atoms with Gasteiger partial charge >= 0.3 is 0 Å². The summed E-state index contributed by atoms with van der Waals surface area (Å²) in [7, 11) is 1.74. The number of fused-ring (bicyclic) bond motifs is 1. The Balaban J connectivity index is 0.00000256. The van der Waals surface area contributed by atoms with Crippen LogP contribution in [0, 0.1) is 0 Å². The maximum atomic E-state index is 12.0. The third-order valence-electron chi connectivity index (χ3n) is 4.96. The molecule has 2 aromatic carbocycles. The first-order valence-electron chi connectivity index (χ1n) is 9.65. The third-order valence-corrected chi connectivity index (χ3v) is 4.96. The van der Waals surface area contributed by atoms with E-state index >= 15 is 0 Å². The quantitative estimate of drug-likeness (QED) is 0.276. The van der Waals surface area contributed by atoms with E-state index in [4.69, 9.17) is 0 Å². The molecule has 0 fully saturated rings. The number of guanidine groups is 1. The van der Waals surface area contributed by atoms with Crippen LogP contribution in [0.3, 0.4) is 0 Å². The fourth-order valence-electron chi connectivity index (χ4n) is 3.48. The Morgan fingerprint density at radius 1 is 1.17 bits per heavy atom. The van der Waals surface area contributed by atoms with E-state index in [0.717, 1.165) is 22.5 Å². The number of aromatic nitrogens is 2. The SMILES string of the molecule is CN=C(NCc1cnn(-c2ccccc2)c1)NCC1CC(=O)Nc2ccccc21.I. The number of rotatable bonds is 5. The zero-order chi connectivity index (χ0) is 20.1. The molecule has 1 amide bonds. The summed E-state index contributed by atoms with van der Waals surface area (Å²) in [6.07, 6.45) is 4.30. The predicted molar refractivity (Wildman–Crippen MR) is 130 cm³/mol. The zero-order valence-electron chi connectivity index (χ0n) is 16.7. The molecule has 3 aromatic rings. The lowest BCUT2D eigenvalue weighted by Gasteiger charge is -2.26. The molecule has 0 spiro atoms. The molecule has 7 nitrogen and oxygen atoms in total. The van der Waals surface area contributed by atoms with Gasteiger partial charge in [0.25, 0.3) is 0 Å². The van der Waals surface area contributed by atoms with Crippen molar-refractivity contribution in [3.05, 3.63) is 78.1 Å². The van der Waals surface area contributed by atoms with Crippen molar-refractivity contribution in [2.24, 2.45) is 4.99 Å². The summed E-state index contributed by atoms with van der Waals surface area (Å²) in [6, 6.07) is 17.9. The molecule has 0 aliphatic carbocycles. The first-order chi connectivity index (χ1) is 14.2. The van der Waals surface area contributed by atoms with Gasteiger partial charge in [-0.15, -0.1) is 24.0 Å². The molecule has 4 rings (SSSR count). The topological polar surface area (TPSA) is 83.3 Å². The maximum Gasteiger partial charge on any atom is 0.225 e. The molecule has 0 bridgehead atoms. The van der Waals surface area contributed by atoms with Crippen molar-refractivity contribution >= 4 is 41.5 Å². The number of amides is 1. The molecule has 0 radical (unpaired) electrons. The van der Waals surface area contributed by atoms with Crippen LogP contribution in [0.4, 0.5) is 5.69 Å². The van der Waals surface area contributed by atoms with Crippen LogP contribution in [0.2, 0.25) is 0 Å². The van der Waals surface area contributed by atoms with Gasteiger partial charge in [-0.1, -0.05) is 36.4 Å². The monoisotopic (exact) mass is 516 g/mol. The number of carbonyl (C=O) groups excluding carboxylic acids is 1. The summed E-state index contributed by atoms with van der Waals surface area (Å²) in [4.78, 5) is 16.3. The first-order valence-corrected chi connectivity index (χ1v) is 9.65. The van der Waals surface area contributed by atoms with Crippen LogP contribution in [0.15, 0.2) is 72.0 Å². The Labute approximate surface area is 193 Å².